The number of para-hydroxylation sites is 1. The number of nitro groups is 1. The Kier molecular flexibility index (Phi) is 7.05. The Morgan fingerprint density at radius 2 is 1.44 bits per heavy atom. The van der Waals surface area contributed by atoms with E-state index in [0.29, 0.717) is 0 Å². The minimum atomic E-state index is -0.633. The van der Waals surface area contributed by atoms with Gasteiger partial charge >= 0.3 is 0 Å². The second kappa shape index (κ2) is 10.3. The molecule has 0 unspecified atom stereocenters. The lowest BCUT2D eigenvalue weighted by atomic mass is 10.1. The Bertz CT molecular complexity index is 1170. The first kappa shape index (κ1) is 21.9. The normalized spacial score (nSPS) is 10.4. The van der Waals surface area contributed by atoms with E-state index in [1.54, 1.807) is 18.2 Å². The highest BCUT2D eigenvalue weighted by atomic mass is 16.6. The predicted octanol–water partition coefficient (Wildman–Crippen LogP) is 3.32. The lowest BCUT2D eigenvalue weighted by molar-refractivity contribution is -0.384. The first-order chi connectivity index (χ1) is 15.4. The van der Waals surface area contributed by atoms with E-state index in [1.807, 2.05) is 30.3 Å². The van der Waals surface area contributed by atoms with Crippen molar-refractivity contribution in [2.24, 2.45) is 0 Å². The Labute approximate surface area is 182 Å². The Morgan fingerprint density at radius 1 is 0.781 bits per heavy atom. The number of rotatable bonds is 6. The van der Waals surface area contributed by atoms with Gasteiger partial charge in [-0.1, -0.05) is 42.5 Å². The second-order valence-electron chi connectivity index (χ2n) is 6.49. The van der Waals surface area contributed by atoms with Crippen molar-refractivity contribution >= 4 is 35.2 Å². The summed E-state index contributed by atoms with van der Waals surface area (Å²) in [6.07, 6.45) is 2.87. The maximum atomic E-state index is 12.5. The second-order valence-corrected chi connectivity index (χ2v) is 6.49. The first-order valence-electron chi connectivity index (χ1n) is 9.42. The molecule has 0 spiro atoms. The van der Waals surface area contributed by atoms with Crippen LogP contribution < -0.4 is 16.2 Å². The predicted molar refractivity (Wildman–Crippen MR) is 119 cm³/mol. The molecule has 9 heteroatoms. The van der Waals surface area contributed by atoms with Crippen LogP contribution in [0.15, 0.2) is 84.9 Å². The number of carbonyl (C=O) groups is 3. The molecule has 3 amide bonds. The summed E-state index contributed by atoms with van der Waals surface area (Å²) in [5.74, 6) is -1.71. The number of hydrogen-bond acceptors (Lipinski definition) is 5. The largest absolute Gasteiger partial charge is 0.321 e. The average molecular weight is 430 g/mol. The third-order valence-electron chi connectivity index (χ3n) is 4.29. The van der Waals surface area contributed by atoms with Crippen LogP contribution in [-0.2, 0) is 4.79 Å². The highest BCUT2D eigenvalue weighted by Gasteiger charge is 2.15. The molecule has 160 valence electrons. The molecule has 0 saturated carbocycles. The Hall–Kier alpha value is -4.79. The molecule has 32 heavy (non-hydrogen) atoms. The summed E-state index contributed by atoms with van der Waals surface area (Å²) in [5.41, 5.74) is 5.77. The fourth-order valence-electron chi connectivity index (χ4n) is 2.68. The molecule has 0 aliphatic carbocycles. The third-order valence-corrected chi connectivity index (χ3v) is 4.29. The number of carbonyl (C=O) groups excluding carboxylic acids is 3. The van der Waals surface area contributed by atoms with Crippen LogP contribution in [0, 0.1) is 10.1 Å². The van der Waals surface area contributed by atoms with Crippen molar-refractivity contribution in [1.82, 2.24) is 10.9 Å². The molecule has 0 fully saturated rings. The standard InChI is InChI=1S/C23H18N4O5/c28-21(15-10-16-6-2-1-3-7-16)25-26-23(30)19-8-4-5-9-20(19)24-22(29)17-11-13-18(14-12-17)27(31)32/h1-15H,(H,24,29)(H,25,28)(H,26,30)/b15-10+. The number of nitrogens with one attached hydrogen (secondary N) is 3. The van der Waals surface area contributed by atoms with Crippen molar-refractivity contribution in [3.63, 3.8) is 0 Å². The van der Waals surface area contributed by atoms with Gasteiger partial charge in [-0.25, -0.2) is 0 Å². The van der Waals surface area contributed by atoms with Gasteiger partial charge < -0.3 is 5.32 Å². The van der Waals surface area contributed by atoms with Crippen molar-refractivity contribution < 1.29 is 19.3 Å². The molecule has 3 rings (SSSR count). The van der Waals surface area contributed by atoms with Crippen LogP contribution in [0.2, 0.25) is 0 Å². The van der Waals surface area contributed by atoms with Crippen LogP contribution in [0.5, 0.6) is 0 Å². The van der Waals surface area contributed by atoms with Gasteiger partial charge in [0.25, 0.3) is 23.4 Å². The summed E-state index contributed by atoms with van der Waals surface area (Å²) < 4.78 is 0. The molecule has 3 aromatic carbocycles. The zero-order valence-corrected chi connectivity index (χ0v) is 16.6. The number of anilines is 1. The van der Waals surface area contributed by atoms with Crippen molar-refractivity contribution in [2.45, 2.75) is 0 Å². The van der Waals surface area contributed by atoms with E-state index in [4.69, 9.17) is 0 Å². The van der Waals surface area contributed by atoms with Crippen molar-refractivity contribution in [3.05, 3.63) is 112 Å². The average Bonchev–Trinajstić information content (AvgIpc) is 2.82. The lowest BCUT2D eigenvalue weighted by Crippen LogP contribution is -2.41. The molecule has 0 radical (unpaired) electrons. The molecule has 3 aromatic rings. The maximum absolute atomic E-state index is 12.5. The number of benzene rings is 3. The zero-order chi connectivity index (χ0) is 22.9. The van der Waals surface area contributed by atoms with Crippen LogP contribution >= 0.6 is 0 Å². The zero-order valence-electron chi connectivity index (χ0n) is 16.6. The summed E-state index contributed by atoms with van der Waals surface area (Å²) in [5, 5.41) is 13.3. The number of nitro benzene ring substituents is 1. The van der Waals surface area contributed by atoms with Crippen LogP contribution in [0.25, 0.3) is 6.08 Å². The lowest BCUT2D eigenvalue weighted by Gasteiger charge is -2.11. The molecule has 0 aliphatic rings. The highest BCUT2D eigenvalue weighted by molar-refractivity contribution is 6.09. The molecule has 3 N–H and O–H groups in total. The Balaban J connectivity index is 1.63. The van der Waals surface area contributed by atoms with Gasteiger partial charge in [0.1, 0.15) is 0 Å². The summed E-state index contributed by atoms with van der Waals surface area (Å²) in [6.45, 7) is 0. The SMILES string of the molecule is O=C(/C=C/c1ccccc1)NNC(=O)c1ccccc1NC(=O)c1ccc([N+](=O)[O-])cc1. The minimum absolute atomic E-state index is 0.120. The number of amides is 3. The Morgan fingerprint density at radius 3 is 2.12 bits per heavy atom. The summed E-state index contributed by atoms with van der Waals surface area (Å²) in [7, 11) is 0. The van der Waals surface area contributed by atoms with E-state index < -0.39 is 22.6 Å². The molecule has 9 nitrogen and oxygen atoms in total. The van der Waals surface area contributed by atoms with Gasteiger partial charge in [-0.15, -0.1) is 0 Å². The fraction of sp³-hybridized carbons (Fsp3) is 0. The van der Waals surface area contributed by atoms with E-state index >= 15 is 0 Å². The van der Waals surface area contributed by atoms with E-state index in [-0.39, 0.29) is 22.5 Å². The number of hydrazine groups is 1. The highest BCUT2D eigenvalue weighted by Crippen LogP contribution is 2.17. The summed E-state index contributed by atoms with van der Waals surface area (Å²) in [6, 6.07) is 20.5. The van der Waals surface area contributed by atoms with Crippen LogP contribution in [0.3, 0.4) is 0 Å². The van der Waals surface area contributed by atoms with Gasteiger partial charge in [-0.2, -0.15) is 0 Å². The van der Waals surface area contributed by atoms with Gasteiger partial charge in [-0.3, -0.25) is 35.3 Å². The molecule has 0 bridgehead atoms. The quantitative estimate of drug-likeness (QED) is 0.314. The molecule has 0 aromatic heterocycles. The fourth-order valence-corrected chi connectivity index (χ4v) is 2.68. The van der Waals surface area contributed by atoms with Gasteiger partial charge in [0.15, 0.2) is 0 Å². The van der Waals surface area contributed by atoms with Gasteiger partial charge in [-0.05, 0) is 35.9 Å². The molecule has 0 heterocycles. The van der Waals surface area contributed by atoms with Crippen LogP contribution in [0.4, 0.5) is 11.4 Å². The van der Waals surface area contributed by atoms with Gasteiger partial charge in [0, 0.05) is 23.8 Å². The third kappa shape index (κ3) is 5.86. The number of nitrogens with zero attached hydrogens (tertiary/aromatic N) is 1. The van der Waals surface area contributed by atoms with E-state index in [1.165, 1.54) is 42.5 Å². The van der Waals surface area contributed by atoms with Crippen LogP contribution in [0.1, 0.15) is 26.3 Å². The molecule has 0 atom stereocenters. The molecular formula is C23H18N4O5. The van der Waals surface area contributed by atoms with Gasteiger partial charge in [0.2, 0.25) is 0 Å². The van der Waals surface area contributed by atoms with Crippen molar-refractivity contribution in [2.75, 3.05) is 5.32 Å². The number of hydrogen-bond donors (Lipinski definition) is 3. The smallest absolute Gasteiger partial charge is 0.271 e. The van der Waals surface area contributed by atoms with Crippen molar-refractivity contribution in [1.29, 1.82) is 0 Å². The summed E-state index contributed by atoms with van der Waals surface area (Å²) >= 11 is 0. The van der Waals surface area contributed by atoms with Gasteiger partial charge in [0.05, 0.1) is 16.2 Å². The molecular weight excluding hydrogens is 412 g/mol. The molecule has 0 saturated heterocycles. The monoisotopic (exact) mass is 430 g/mol. The van der Waals surface area contributed by atoms with E-state index in [2.05, 4.69) is 16.2 Å². The first-order valence-corrected chi connectivity index (χ1v) is 9.42. The molecule has 0 aliphatic heterocycles. The van der Waals surface area contributed by atoms with Crippen molar-refractivity contribution in [3.8, 4) is 0 Å². The minimum Gasteiger partial charge on any atom is -0.321 e. The summed E-state index contributed by atoms with van der Waals surface area (Å²) in [4.78, 5) is 47.1. The van der Waals surface area contributed by atoms with E-state index in [0.717, 1.165) is 5.56 Å². The maximum Gasteiger partial charge on any atom is 0.271 e. The van der Waals surface area contributed by atoms with E-state index in [9.17, 15) is 24.5 Å². The number of non-ortho nitro benzene ring substituents is 1. The van der Waals surface area contributed by atoms with Crippen LogP contribution in [-0.4, -0.2) is 22.6 Å². The topological polar surface area (TPSA) is 130 Å².